The van der Waals surface area contributed by atoms with Crippen LogP contribution in [0.1, 0.15) is 28.5 Å². The molecule has 1 amide bonds. The third-order valence-corrected chi connectivity index (χ3v) is 5.10. The summed E-state index contributed by atoms with van der Waals surface area (Å²) in [5.74, 6) is -0.0373. The maximum Gasteiger partial charge on any atom is 0.277 e. The molecule has 0 saturated heterocycles. The summed E-state index contributed by atoms with van der Waals surface area (Å²) in [7, 11) is 2.03. The van der Waals surface area contributed by atoms with E-state index in [1.807, 2.05) is 60.5 Å². The van der Waals surface area contributed by atoms with Gasteiger partial charge in [0.1, 0.15) is 5.69 Å². The Labute approximate surface area is 160 Å². The fraction of sp³-hybridized carbons (Fsp3) is 0.217. The van der Waals surface area contributed by atoms with E-state index in [9.17, 15) is 4.79 Å². The van der Waals surface area contributed by atoms with Crippen LogP contribution >= 0.6 is 0 Å². The zero-order valence-corrected chi connectivity index (χ0v) is 15.7. The van der Waals surface area contributed by atoms with Crippen LogP contribution in [0.3, 0.4) is 0 Å². The molecule has 1 unspecified atom stereocenters. The van der Waals surface area contributed by atoms with Crippen LogP contribution in [-0.4, -0.2) is 24.0 Å². The van der Waals surface area contributed by atoms with Gasteiger partial charge in [-0.15, -0.1) is 0 Å². The number of para-hydroxylation sites is 1. The van der Waals surface area contributed by atoms with E-state index >= 15 is 0 Å². The first-order valence-electron chi connectivity index (χ1n) is 9.26. The van der Waals surface area contributed by atoms with Gasteiger partial charge in [0.2, 0.25) is 0 Å². The van der Waals surface area contributed by atoms with Gasteiger partial charge in [0.05, 0.1) is 11.9 Å². The second-order valence-electron chi connectivity index (χ2n) is 7.10. The highest BCUT2D eigenvalue weighted by molar-refractivity contribution is 6.06. The zero-order chi connectivity index (χ0) is 18.8. The fourth-order valence-corrected chi connectivity index (χ4v) is 3.69. The van der Waals surface area contributed by atoms with Gasteiger partial charge in [0, 0.05) is 25.3 Å². The predicted octanol–water partition coefficient (Wildman–Crippen LogP) is 4.31. The van der Waals surface area contributed by atoms with E-state index in [1.165, 1.54) is 11.1 Å². The van der Waals surface area contributed by atoms with Gasteiger partial charge in [-0.25, -0.2) is 4.98 Å². The van der Waals surface area contributed by atoms with Gasteiger partial charge in [-0.1, -0.05) is 48.5 Å². The van der Waals surface area contributed by atoms with Crippen molar-refractivity contribution >= 4 is 17.3 Å². The molecule has 1 atom stereocenters. The maximum absolute atomic E-state index is 13.0. The summed E-state index contributed by atoms with van der Waals surface area (Å²) in [4.78, 5) is 21.5. The van der Waals surface area contributed by atoms with Gasteiger partial charge < -0.3 is 9.80 Å². The first kappa shape index (κ1) is 17.3. The monoisotopic (exact) mass is 357 g/mol. The molecule has 0 N–H and O–H groups in total. The molecule has 1 aromatic heterocycles. The molecule has 0 fully saturated rings. The Morgan fingerprint density at radius 1 is 1.07 bits per heavy atom. The van der Waals surface area contributed by atoms with Crippen LogP contribution in [-0.2, 0) is 13.0 Å². The number of pyridine rings is 1. The quantitative estimate of drug-likeness (QED) is 0.698. The highest BCUT2D eigenvalue weighted by Gasteiger charge is 2.31. The molecule has 0 bridgehead atoms. The third-order valence-electron chi connectivity index (χ3n) is 5.10. The summed E-state index contributed by atoms with van der Waals surface area (Å²) in [6.45, 7) is 2.88. The number of hydrogen-bond donors (Lipinski definition) is 0. The summed E-state index contributed by atoms with van der Waals surface area (Å²) < 4.78 is 0. The zero-order valence-electron chi connectivity index (χ0n) is 15.7. The third kappa shape index (κ3) is 3.43. The molecule has 27 heavy (non-hydrogen) atoms. The van der Waals surface area contributed by atoms with Crippen LogP contribution in [0.5, 0.6) is 0 Å². The summed E-state index contributed by atoms with van der Waals surface area (Å²) in [5, 5.41) is 0. The van der Waals surface area contributed by atoms with Crippen molar-refractivity contribution in [2.24, 2.45) is 0 Å². The van der Waals surface area contributed by atoms with E-state index < -0.39 is 0 Å². The molecule has 0 spiro atoms. The molecular formula is C23H23N3O. The van der Waals surface area contributed by atoms with Crippen LogP contribution in [0.25, 0.3) is 0 Å². The number of aromatic nitrogens is 1. The average Bonchev–Trinajstić information content (AvgIpc) is 3.04. The molecule has 0 radical (unpaired) electrons. The van der Waals surface area contributed by atoms with Crippen molar-refractivity contribution in [1.82, 2.24) is 4.98 Å². The van der Waals surface area contributed by atoms with Crippen molar-refractivity contribution in [1.29, 1.82) is 0 Å². The largest absolute Gasteiger partial charge is 0.369 e. The first-order chi connectivity index (χ1) is 13.1. The summed E-state index contributed by atoms with van der Waals surface area (Å²) >= 11 is 0. The first-order valence-corrected chi connectivity index (χ1v) is 9.26. The second kappa shape index (κ2) is 7.23. The lowest BCUT2D eigenvalue weighted by atomic mass is 10.1. The Morgan fingerprint density at radius 3 is 2.56 bits per heavy atom. The van der Waals surface area contributed by atoms with Gasteiger partial charge in [-0.3, -0.25) is 4.79 Å². The van der Waals surface area contributed by atoms with Crippen LogP contribution < -0.4 is 9.80 Å². The Kier molecular flexibility index (Phi) is 4.63. The smallest absolute Gasteiger partial charge is 0.277 e. The van der Waals surface area contributed by atoms with E-state index in [0.29, 0.717) is 5.69 Å². The summed E-state index contributed by atoms with van der Waals surface area (Å²) in [6.07, 6.45) is 2.67. The van der Waals surface area contributed by atoms with Crippen molar-refractivity contribution in [2.75, 3.05) is 16.8 Å². The minimum Gasteiger partial charge on any atom is -0.369 e. The van der Waals surface area contributed by atoms with Crippen LogP contribution in [0.2, 0.25) is 0 Å². The van der Waals surface area contributed by atoms with Crippen molar-refractivity contribution < 1.29 is 4.79 Å². The van der Waals surface area contributed by atoms with Gasteiger partial charge in [-0.2, -0.15) is 0 Å². The minimum absolute atomic E-state index is 0.0373. The SMILES string of the molecule is CC1Cc2ccccc2N1C(=O)c1ccc(N(C)Cc2ccccc2)cn1. The lowest BCUT2D eigenvalue weighted by molar-refractivity contribution is 0.0976. The Hall–Kier alpha value is -3.14. The van der Waals surface area contributed by atoms with E-state index in [4.69, 9.17) is 0 Å². The molecule has 4 heteroatoms. The van der Waals surface area contributed by atoms with Gasteiger partial charge in [-0.05, 0) is 42.7 Å². The van der Waals surface area contributed by atoms with E-state index in [0.717, 1.165) is 24.3 Å². The molecular weight excluding hydrogens is 334 g/mol. The molecule has 1 aliphatic rings. The molecule has 4 nitrogen and oxygen atoms in total. The minimum atomic E-state index is -0.0373. The number of hydrogen-bond acceptors (Lipinski definition) is 3. The standard InChI is InChI=1S/C23H23N3O/c1-17-14-19-10-6-7-11-22(19)26(17)23(27)21-13-12-20(15-24-21)25(2)16-18-8-4-3-5-9-18/h3-13,15,17H,14,16H2,1-2H3. The second-order valence-corrected chi connectivity index (χ2v) is 7.10. The molecule has 1 aliphatic heterocycles. The molecule has 136 valence electrons. The summed E-state index contributed by atoms with van der Waals surface area (Å²) in [6, 6.07) is 22.4. The van der Waals surface area contributed by atoms with Crippen molar-refractivity contribution in [3.63, 3.8) is 0 Å². The van der Waals surface area contributed by atoms with Gasteiger partial charge in [0.15, 0.2) is 0 Å². The van der Waals surface area contributed by atoms with Crippen LogP contribution in [0.15, 0.2) is 72.9 Å². The summed E-state index contributed by atoms with van der Waals surface area (Å²) in [5.41, 5.74) is 4.93. The van der Waals surface area contributed by atoms with Crippen molar-refractivity contribution in [3.8, 4) is 0 Å². The Bertz CT molecular complexity index is 937. The molecule has 2 aromatic carbocycles. The number of carbonyl (C=O) groups excluding carboxylic acids is 1. The number of amides is 1. The van der Waals surface area contributed by atoms with E-state index in [2.05, 4.69) is 35.0 Å². The molecule has 0 saturated carbocycles. The highest BCUT2D eigenvalue weighted by atomic mass is 16.2. The molecule has 4 rings (SSSR count). The normalized spacial score (nSPS) is 15.5. The number of benzene rings is 2. The van der Waals surface area contributed by atoms with Gasteiger partial charge in [0.25, 0.3) is 5.91 Å². The topological polar surface area (TPSA) is 36.4 Å². The number of anilines is 2. The maximum atomic E-state index is 13.0. The average molecular weight is 357 g/mol. The van der Waals surface area contributed by atoms with E-state index in [-0.39, 0.29) is 11.9 Å². The Balaban J connectivity index is 1.51. The van der Waals surface area contributed by atoms with Crippen LogP contribution in [0.4, 0.5) is 11.4 Å². The number of rotatable bonds is 4. The fourth-order valence-electron chi connectivity index (χ4n) is 3.69. The number of carbonyl (C=O) groups is 1. The van der Waals surface area contributed by atoms with Gasteiger partial charge >= 0.3 is 0 Å². The molecule has 2 heterocycles. The number of nitrogens with zero attached hydrogens (tertiary/aromatic N) is 3. The lowest BCUT2D eigenvalue weighted by Crippen LogP contribution is -2.36. The highest BCUT2D eigenvalue weighted by Crippen LogP contribution is 2.32. The number of fused-ring (bicyclic) bond motifs is 1. The van der Waals surface area contributed by atoms with Crippen molar-refractivity contribution in [2.45, 2.75) is 25.9 Å². The van der Waals surface area contributed by atoms with Crippen LogP contribution in [0, 0.1) is 0 Å². The van der Waals surface area contributed by atoms with E-state index in [1.54, 1.807) is 6.20 Å². The van der Waals surface area contributed by atoms with Crippen molar-refractivity contribution in [3.05, 3.63) is 89.7 Å². The lowest BCUT2D eigenvalue weighted by Gasteiger charge is -2.23. The molecule has 0 aliphatic carbocycles. The predicted molar refractivity (Wildman–Crippen MR) is 109 cm³/mol. The Morgan fingerprint density at radius 2 is 1.81 bits per heavy atom. The molecule has 3 aromatic rings.